The van der Waals surface area contributed by atoms with Crippen LogP contribution in [0.3, 0.4) is 0 Å². The average molecular weight is 530 g/mol. The van der Waals surface area contributed by atoms with Gasteiger partial charge in [-0.2, -0.15) is 13.5 Å². The Bertz CT molecular complexity index is 1300. The Morgan fingerprint density at radius 3 is 2.13 bits per heavy atom. The van der Waals surface area contributed by atoms with Crippen LogP contribution in [0, 0.1) is 17.6 Å². The standard InChI is InChI=1S/C25H30BF3N6O3/c1-24(2)25(3,4)38-26(37-24)16-5-7-17(8-6-16)33-10-12-34(13-11-33)19-15-30-23(21(28)20(19)27)35-22(29)18(9-14-36)31-32-35/h5-8,15,36H,9-14H2,1-4H3. The maximum Gasteiger partial charge on any atom is 0.494 e. The highest BCUT2D eigenvalue weighted by atomic mass is 19.2. The maximum absolute atomic E-state index is 15.0. The van der Waals surface area contributed by atoms with E-state index < -0.39 is 41.7 Å². The number of hydrogen-bond acceptors (Lipinski definition) is 8. The molecule has 38 heavy (non-hydrogen) atoms. The van der Waals surface area contributed by atoms with Gasteiger partial charge in [0, 0.05) is 44.9 Å². The fourth-order valence-corrected chi connectivity index (χ4v) is 4.54. The molecule has 0 atom stereocenters. The molecule has 1 N–H and O–H groups in total. The Hall–Kier alpha value is -3.16. The smallest absolute Gasteiger partial charge is 0.399 e. The molecule has 0 radical (unpaired) electrons. The molecule has 2 aliphatic heterocycles. The van der Waals surface area contributed by atoms with Crippen molar-refractivity contribution in [2.75, 3.05) is 42.6 Å². The number of hydrogen-bond donors (Lipinski definition) is 1. The number of pyridine rings is 1. The number of aromatic nitrogens is 4. The summed E-state index contributed by atoms with van der Waals surface area (Å²) in [5, 5.41) is 16.0. The molecular weight excluding hydrogens is 500 g/mol. The first-order valence-corrected chi connectivity index (χ1v) is 12.5. The van der Waals surface area contributed by atoms with Crippen LogP contribution in [0.15, 0.2) is 30.5 Å². The molecule has 0 bridgehead atoms. The van der Waals surface area contributed by atoms with Gasteiger partial charge >= 0.3 is 7.12 Å². The van der Waals surface area contributed by atoms with Crippen molar-refractivity contribution < 1.29 is 27.6 Å². The molecule has 2 aromatic heterocycles. The van der Waals surface area contributed by atoms with Crippen LogP contribution in [0.5, 0.6) is 0 Å². The topological polar surface area (TPSA) is 88.8 Å². The minimum atomic E-state index is -1.32. The minimum Gasteiger partial charge on any atom is -0.399 e. The Labute approximate surface area is 219 Å². The largest absolute Gasteiger partial charge is 0.494 e. The van der Waals surface area contributed by atoms with Gasteiger partial charge in [0.25, 0.3) is 0 Å². The van der Waals surface area contributed by atoms with Crippen LogP contribution in [0.4, 0.5) is 24.5 Å². The number of piperazine rings is 1. The predicted octanol–water partition coefficient (Wildman–Crippen LogP) is 2.24. The molecule has 0 spiro atoms. The SMILES string of the molecule is CC1(C)OB(c2ccc(N3CCN(c4cnc(-n5nnc(CCO)c5F)c(F)c4F)CC3)cc2)OC1(C)C. The molecule has 3 aromatic rings. The molecule has 0 aliphatic carbocycles. The fourth-order valence-electron chi connectivity index (χ4n) is 4.54. The van der Waals surface area contributed by atoms with Crippen molar-refractivity contribution >= 4 is 24.0 Å². The molecule has 2 fully saturated rings. The van der Waals surface area contributed by atoms with E-state index in [0.717, 1.165) is 11.2 Å². The van der Waals surface area contributed by atoms with Crippen LogP contribution in [0.1, 0.15) is 33.4 Å². The Kier molecular flexibility index (Phi) is 6.87. The first-order valence-electron chi connectivity index (χ1n) is 12.5. The van der Waals surface area contributed by atoms with Gasteiger partial charge in [0.1, 0.15) is 5.69 Å². The molecular formula is C25H30BF3N6O3. The average Bonchev–Trinajstić information content (AvgIpc) is 3.35. The first kappa shape index (κ1) is 26.5. The van der Waals surface area contributed by atoms with Gasteiger partial charge in [0.15, 0.2) is 11.6 Å². The van der Waals surface area contributed by atoms with Crippen LogP contribution in [0.25, 0.3) is 5.82 Å². The van der Waals surface area contributed by atoms with Gasteiger partial charge < -0.3 is 24.2 Å². The Morgan fingerprint density at radius 1 is 0.921 bits per heavy atom. The summed E-state index contributed by atoms with van der Waals surface area (Å²) in [7, 11) is -0.438. The summed E-state index contributed by atoms with van der Waals surface area (Å²) >= 11 is 0. The highest BCUT2D eigenvalue weighted by molar-refractivity contribution is 6.62. The van der Waals surface area contributed by atoms with E-state index in [1.807, 2.05) is 52.0 Å². The van der Waals surface area contributed by atoms with Crippen molar-refractivity contribution in [3.05, 3.63) is 53.7 Å². The number of aliphatic hydroxyl groups excluding tert-OH is 1. The van der Waals surface area contributed by atoms with Crippen molar-refractivity contribution in [1.29, 1.82) is 0 Å². The molecule has 2 aliphatic rings. The quantitative estimate of drug-likeness (QED) is 0.486. The van der Waals surface area contributed by atoms with Crippen molar-refractivity contribution in [2.45, 2.75) is 45.3 Å². The van der Waals surface area contributed by atoms with Crippen LogP contribution in [0.2, 0.25) is 0 Å². The molecule has 202 valence electrons. The number of benzene rings is 1. The van der Waals surface area contributed by atoms with Crippen LogP contribution in [-0.2, 0) is 15.7 Å². The van der Waals surface area contributed by atoms with E-state index in [0.29, 0.717) is 30.9 Å². The second-order valence-corrected chi connectivity index (χ2v) is 10.5. The van der Waals surface area contributed by atoms with Gasteiger partial charge in [-0.3, -0.25) is 0 Å². The lowest BCUT2D eigenvalue weighted by Gasteiger charge is -2.37. The lowest BCUT2D eigenvalue weighted by molar-refractivity contribution is 0.00578. The van der Waals surface area contributed by atoms with Gasteiger partial charge in [0.2, 0.25) is 11.8 Å². The summed E-state index contributed by atoms with van der Waals surface area (Å²) in [6, 6.07) is 7.97. The summed E-state index contributed by atoms with van der Waals surface area (Å²) in [5.41, 5.74) is 0.950. The second kappa shape index (κ2) is 9.86. The Morgan fingerprint density at radius 2 is 1.53 bits per heavy atom. The third-order valence-electron chi connectivity index (χ3n) is 7.56. The van der Waals surface area contributed by atoms with Crippen molar-refractivity contribution in [3.63, 3.8) is 0 Å². The highest BCUT2D eigenvalue weighted by Gasteiger charge is 2.51. The molecule has 5 rings (SSSR count). The predicted molar refractivity (Wildman–Crippen MR) is 136 cm³/mol. The molecule has 1 aromatic carbocycles. The molecule has 0 unspecified atom stereocenters. The van der Waals surface area contributed by atoms with E-state index in [-0.39, 0.29) is 24.4 Å². The minimum absolute atomic E-state index is 0.00175. The van der Waals surface area contributed by atoms with Crippen molar-refractivity contribution in [1.82, 2.24) is 20.0 Å². The maximum atomic E-state index is 15.0. The third kappa shape index (κ3) is 4.63. The van der Waals surface area contributed by atoms with E-state index in [4.69, 9.17) is 14.4 Å². The number of nitrogens with zero attached hydrogens (tertiary/aromatic N) is 6. The normalized spacial score (nSPS) is 18.9. The summed E-state index contributed by atoms with van der Waals surface area (Å²) in [6.07, 6.45) is 1.08. The zero-order valence-electron chi connectivity index (χ0n) is 21.8. The van der Waals surface area contributed by atoms with Gasteiger partial charge in [-0.25, -0.2) is 9.37 Å². The number of rotatable bonds is 6. The van der Waals surface area contributed by atoms with E-state index in [9.17, 15) is 8.78 Å². The lowest BCUT2D eigenvalue weighted by Crippen LogP contribution is -2.47. The number of aliphatic hydroxyl groups is 1. The number of halogens is 3. The Balaban J connectivity index is 1.25. The van der Waals surface area contributed by atoms with Gasteiger partial charge in [-0.15, -0.1) is 5.10 Å². The van der Waals surface area contributed by atoms with E-state index in [2.05, 4.69) is 20.2 Å². The molecule has 0 saturated carbocycles. The van der Waals surface area contributed by atoms with Crippen molar-refractivity contribution in [2.24, 2.45) is 0 Å². The van der Waals surface area contributed by atoms with E-state index in [1.54, 1.807) is 4.90 Å². The monoisotopic (exact) mass is 530 g/mol. The van der Waals surface area contributed by atoms with Crippen LogP contribution >= 0.6 is 0 Å². The van der Waals surface area contributed by atoms with Gasteiger partial charge in [-0.05, 0) is 45.3 Å². The van der Waals surface area contributed by atoms with Crippen molar-refractivity contribution in [3.8, 4) is 5.82 Å². The molecule has 9 nitrogen and oxygen atoms in total. The van der Waals surface area contributed by atoms with Crippen LogP contribution < -0.4 is 15.3 Å². The zero-order chi connectivity index (χ0) is 27.2. The lowest BCUT2D eigenvalue weighted by atomic mass is 9.79. The van der Waals surface area contributed by atoms with Gasteiger partial charge in [0.05, 0.1) is 23.1 Å². The molecule has 4 heterocycles. The third-order valence-corrected chi connectivity index (χ3v) is 7.56. The highest BCUT2D eigenvalue weighted by Crippen LogP contribution is 2.36. The summed E-state index contributed by atoms with van der Waals surface area (Å²) in [5.74, 6) is -4.06. The van der Waals surface area contributed by atoms with E-state index in [1.165, 1.54) is 6.20 Å². The molecule has 0 amide bonds. The first-order chi connectivity index (χ1) is 18.0. The fraction of sp³-hybridized carbons (Fsp3) is 0.480. The number of anilines is 2. The van der Waals surface area contributed by atoms with Gasteiger partial charge in [-0.1, -0.05) is 17.3 Å². The second-order valence-electron chi connectivity index (χ2n) is 10.5. The summed E-state index contributed by atoms with van der Waals surface area (Å²) in [4.78, 5) is 7.80. The zero-order valence-corrected chi connectivity index (χ0v) is 21.8. The molecule has 13 heteroatoms. The summed E-state index contributed by atoms with van der Waals surface area (Å²) < 4.78 is 57.1. The summed E-state index contributed by atoms with van der Waals surface area (Å²) in [6.45, 7) is 9.75. The van der Waals surface area contributed by atoms with Crippen LogP contribution in [-0.4, -0.2) is 76.2 Å². The molecule has 2 saturated heterocycles. The van der Waals surface area contributed by atoms with E-state index >= 15 is 4.39 Å².